The van der Waals surface area contributed by atoms with Crippen LogP contribution in [0.25, 0.3) is 17.1 Å². The van der Waals surface area contributed by atoms with Crippen molar-refractivity contribution in [2.75, 3.05) is 21.0 Å². The van der Waals surface area contributed by atoms with Gasteiger partial charge in [0.05, 0.1) is 18.4 Å². The van der Waals surface area contributed by atoms with Gasteiger partial charge in [-0.05, 0) is 72.6 Å². The summed E-state index contributed by atoms with van der Waals surface area (Å²) in [4.78, 5) is 0. The molecule has 1 aromatic heterocycles. The molecule has 0 aliphatic carbocycles. The van der Waals surface area contributed by atoms with Gasteiger partial charge < -0.3 is 14.2 Å². The predicted octanol–water partition coefficient (Wildman–Crippen LogP) is 5.02. The second-order valence-corrected chi connectivity index (χ2v) is 7.18. The third-order valence-corrected chi connectivity index (χ3v) is 4.84. The topological polar surface area (TPSA) is 61.3 Å². The minimum atomic E-state index is 0.154. The van der Waals surface area contributed by atoms with Gasteiger partial charge in [-0.1, -0.05) is 13.8 Å². The molecule has 1 heterocycles. The second-order valence-electron chi connectivity index (χ2n) is 6.80. The third kappa shape index (κ3) is 3.95. The summed E-state index contributed by atoms with van der Waals surface area (Å²) >= 11 is 5.51. The molecule has 3 rings (SSSR count). The van der Waals surface area contributed by atoms with E-state index in [-0.39, 0.29) is 6.79 Å². The average molecular weight is 400 g/mol. The standard InChI is InChI=1S/C21H25N3O3S/c1-13(2)17-11-18(19(10-14(17)3)27-12-25-4)20-22-23-21(28)24(20)15-6-8-16(26-5)9-7-15/h6-11,13H,12H2,1-5H3,(H,23,28). The molecule has 3 aromatic rings. The van der Waals surface area contributed by atoms with Crippen molar-refractivity contribution in [2.24, 2.45) is 0 Å². The van der Waals surface area contributed by atoms with Crippen LogP contribution >= 0.6 is 12.2 Å². The molecule has 1 N–H and O–H groups in total. The zero-order chi connectivity index (χ0) is 20.3. The van der Waals surface area contributed by atoms with Crippen molar-refractivity contribution in [1.82, 2.24) is 14.8 Å². The first kappa shape index (κ1) is 20.1. The number of benzene rings is 2. The van der Waals surface area contributed by atoms with Crippen molar-refractivity contribution >= 4 is 12.2 Å². The highest BCUT2D eigenvalue weighted by atomic mass is 32.1. The zero-order valence-electron chi connectivity index (χ0n) is 16.8. The van der Waals surface area contributed by atoms with Crippen LogP contribution < -0.4 is 9.47 Å². The molecule has 0 atom stereocenters. The number of methoxy groups -OCH3 is 2. The maximum Gasteiger partial charge on any atom is 0.200 e. The maximum atomic E-state index is 5.85. The molecule has 0 aliphatic heterocycles. The first-order valence-electron chi connectivity index (χ1n) is 9.04. The van der Waals surface area contributed by atoms with Crippen LogP contribution in [0.1, 0.15) is 30.9 Å². The second kappa shape index (κ2) is 8.58. The van der Waals surface area contributed by atoms with Crippen LogP contribution in [0, 0.1) is 11.7 Å². The van der Waals surface area contributed by atoms with Crippen molar-refractivity contribution < 1.29 is 14.2 Å². The highest BCUT2D eigenvalue weighted by Crippen LogP contribution is 2.35. The lowest BCUT2D eigenvalue weighted by molar-refractivity contribution is 0.0514. The highest BCUT2D eigenvalue weighted by molar-refractivity contribution is 7.71. The van der Waals surface area contributed by atoms with Crippen LogP contribution in [0.15, 0.2) is 36.4 Å². The van der Waals surface area contributed by atoms with Crippen LogP contribution in [-0.4, -0.2) is 35.8 Å². The average Bonchev–Trinajstić information content (AvgIpc) is 3.07. The Morgan fingerprint density at radius 3 is 2.46 bits per heavy atom. The summed E-state index contributed by atoms with van der Waals surface area (Å²) in [7, 11) is 3.24. The molecule has 0 fully saturated rings. The first-order chi connectivity index (χ1) is 13.5. The van der Waals surface area contributed by atoms with E-state index in [1.807, 2.05) is 34.9 Å². The number of aryl methyl sites for hydroxylation is 1. The Labute approximate surface area is 170 Å². The highest BCUT2D eigenvalue weighted by Gasteiger charge is 2.19. The predicted molar refractivity (Wildman–Crippen MR) is 112 cm³/mol. The number of aromatic amines is 1. The molecule has 0 radical (unpaired) electrons. The van der Waals surface area contributed by atoms with Crippen molar-refractivity contribution in [1.29, 1.82) is 0 Å². The van der Waals surface area contributed by atoms with E-state index < -0.39 is 0 Å². The molecule has 7 heteroatoms. The molecule has 0 amide bonds. The number of H-pyrrole nitrogens is 1. The lowest BCUT2D eigenvalue weighted by atomic mass is 9.95. The molecule has 0 aliphatic rings. The van der Waals surface area contributed by atoms with Crippen LogP contribution in [-0.2, 0) is 4.74 Å². The fourth-order valence-electron chi connectivity index (χ4n) is 3.19. The maximum absolute atomic E-state index is 5.85. The Morgan fingerprint density at radius 1 is 1.14 bits per heavy atom. The smallest absolute Gasteiger partial charge is 0.200 e. The molecule has 28 heavy (non-hydrogen) atoms. The van der Waals surface area contributed by atoms with Crippen molar-refractivity contribution in [3.8, 4) is 28.6 Å². The molecular weight excluding hydrogens is 374 g/mol. The monoisotopic (exact) mass is 399 g/mol. The van der Waals surface area contributed by atoms with Crippen molar-refractivity contribution in [2.45, 2.75) is 26.7 Å². The molecule has 6 nitrogen and oxygen atoms in total. The van der Waals surface area contributed by atoms with Gasteiger partial charge in [0, 0.05) is 7.11 Å². The number of nitrogens with one attached hydrogen (secondary N) is 1. The Hall–Kier alpha value is -2.64. The summed E-state index contributed by atoms with van der Waals surface area (Å²) in [5.74, 6) is 2.53. The molecule has 2 aromatic carbocycles. The minimum Gasteiger partial charge on any atom is -0.497 e. The largest absolute Gasteiger partial charge is 0.497 e. The van der Waals surface area contributed by atoms with Gasteiger partial charge >= 0.3 is 0 Å². The molecule has 148 valence electrons. The number of nitrogens with zero attached hydrogens (tertiary/aromatic N) is 2. The van der Waals surface area contributed by atoms with Gasteiger partial charge in [-0.2, -0.15) is 5.10 Å². The Morgan fingerprint density at radius 2 is 1.86 bits per heavy atom. The molecular formula is C21H25N3O3S. The normalized spacial score (nSPS) is 11.1. The SMILES string of the molecule is COCOc1cc(C)c(C(C)C)cc1-c1n[nH]c(=S)n1-c1ccc(OC)cc1. The zero-order valence-corrected chi connectivity index (χ0v) is 17.6. The lowest BCUT2D eigenvalue weighted by Crippen LogP contribution is -2.05. The summed E-state index contributed by atoms with van der Waals surface area (Å²) in [5.41, 5.74) is 4.14. The van der Waals surface area contributed by atoms with E-state index in [0.29, 0.717) is 22.3 Å². The molecule has 0 bridgehead atoms. The van der Waals surface area contributed by atoms with Gasteiger partial charge in [-0.15, -0.1) is 0 Å². The number of hydrogen-bond donors (Lipinski definition) is 1. The van der Waals surface area contributed by atoms with Crippen molar-refractivity contribution in [3.05, 3.63) is 52.3 Å². The van der Waals surface area contributed by atoms with Crippen molar-refractivity contribution in [3.63, 3.8) is 0 Å². The van der Waals surface area contributed by atoms with E-state index in [9.17, 15) is 0 Å². The lowest BCUT2D eigenvalue weighted by Gasteiger charge is -2.17. The fourth-order valence-corrected chi connectivity index (χ4v) is 3.42. The Balaban J connectivity index is 2.20. The summed E-state index contributed by atoms with van der Waals surface area (Å²) in [6.07, 6.45) is 0. The summed E-state index contributed by atoms with van der Waals surface area (Å²) in [6.45, 7) is 6.57. The number of ether oxygens (including phenoxy) is 3. The quantitative estimate of drug-likeness (QED) is 0.446. The van der Waals surface area contributed by atoms with E-state index in [0.717, 1.165) is 22.6 Å². The van der Waals surface area contributed by atoms with E-state index in [4.69, 9.17) is 26.4 Å². The Bertz CT molecular complexity index is 1010. The minimum absolute atomic E-state index is 0.154. The van der Waals surface area contributed by atoms with Crippen LogP contribution in [0.2, 0.25) is 0 Å². The first-order valence-corrected chi connectivity index (χ1v) is 9.45. The Kier molecular flexibility index (Phi) is 6.16. The van der Waals surface area contributed by atoms with Crippen LogP contribution in [0.4, 0.5) is 0 Å². The van der Waals surface area contributed by atoms with Gasteiger partial charge in [0.1, 0.15) is 11.5 Å². The summed E-state index contributed by atoms with van der Waals surface area (Å²) < 4.78 is 18.6. The van der Waals surface area contributed by atoms with Gasteiger partial charge in [0.15, 0.2) is 17.4 Å². The van der Waals surface area contributed by atoms with Gasteiger partial charge in [0.25, 0.3) is 0 Å². The van der Waals surface area contributed by atoms with Crippen LogP contribution in [0.3, 0.4) is 0 Å². The molecule has 0 saturated carbocycles. The number of aromatic nitrogens is 3. The summed E-state index contributed by atoms with van der Waals surface area (Å²) in [6, 6.07) is 11.8. The number of hydrogen-bond acceptors (Lipinski definition) is 5. The fraction of sp³-hybridized carbons (Fsp3) is 0.333. The van der Waals surface area contributed by atoms with E-state index in [1.54, 1.807) is 14.2 Å². The van der Waals surface area contributed by atoms with Crippen LogP contribution in [0.5, 0.6) is 11.5 Å². The third-order valence-electron chi connectivity index (χ3n) is 4.57. The van der Waals surface area contributed by atoms with Gasteiger partial charge in [-0.3, -0.25) is 9.67 Å². The molecule has 0 unspecified atom stereocenters. The van der Waals surface area contributed by atoms with Gasteiger partial charge in [0.2, 0.25) is 0 Å². The molecule has 0 saturated heterocycles. The van der Waals surface area contributed by atoms with E-state index in [2.05, 4.69) is 37.0 Å². The molecule has 0 spiro atoms. The van der Waals surface area contributed by atoms with E-state index in [1.165, 1.54) is 5.56 Å². The summed E-state index contributed by atoms with van der Waals surface area (Å²) in [5, 5.41) is 7.40. The number of rotatable bonds is 7. The van der Waals surface area contributed by atoms with E-state index >= 15 is 0 Å². The van der Waals surface area contributed by atoms with Gasteiger partial charge in [-0.25, -0.2) is 0 Å².